The number of benzene rings is 1. The molecule has 2 N–H and O–H groups in total. The van der Waals surface area contributed by atoms with Crippen molar-refractivity contribution in [3.8, 4) is 0 Å². The van der Waals surface area contributed by atoms with Crippen LogP contribution in [0, 0.1) is 17.7 Å². The van der Waals surface area contributed by atoms with Gasteiger partial charge in [-0.15, -0.1) is 0 Å². The van der Waals surface area contributed by atoms with Crippen LogP contribution in [0.5, 0.6) is 0 Å². The van der Waals surface area contributed by atoms with Crippen molar-refractivity contribution in [1.82, 2.24) is 4.90 Å². The molecular weight excluding hydrogens is 267 g/mol. The van der Waals surface area contributed by atoms with E-state index >= 15 is 0 Å². The zero-order valence-electron chi connectivity index (χ0n) is 12.9. The van der Waals surface area contributed by atoms with E-state index < -0.39 is 0 Å². The fourth-order valence-corrected chi connectivity index (χ4v) is 3.40. The Bertz CT molecular complexity index is 474. The lowest BCUT2D eigenvalue weighted by Gasteiger charge is -2.32. The Kier molecular flexibility index (Phi) is 5.34. The maximum absolute atomic E-state index is 13.0. The molecule has 0 saturated heterocycles. The van der Waals surface area contributed by atoms with Gasteiger partial charge in [0.15, 0.2) is 0 Å². The van der Waals surface area contributed by atoms with Gasteiger partial charge < -0.3 is 10.6 Å². The highest BCUT2D eigenvalue weighted by Crippen LogP contribution is 2.34. The van der Waals surface area contributed by atoms with Crippen LogP contribution in [-0.2, 0) is 4.79 Å². The van der Waals surface area contributed by atoms with Gasteiger partial charge in [-0.1, -0.05) is 18.6 Å². The summed E-state index contributed by atoms with van der Waals surface area (Å²) >= 11 is 0. The SMILES string of the molecule is CCN(C(=O)C1CCCC1CN)C(C)c1ccc(F)cc1. The standard InChI is InChI=1S/C17H25FN2O/c1-3-20(12(2)13-7-9-15(18)10-8-13)17(21)16-6-4-5-14(16)11-19/h7-10,12,14,16H,3-6,11,19H2,1-2H3. The molecular formula is C17H25FN2O. The van der Waals surface area contributed by atoms with Crippen LogP contribution in [0.4, 0.5) is 4.39 Å². The summed E-state index contributed by atoms with van der Waals surface area (Å²) in [6.45, 7) is 5.23. The maximum atomic E-state index is 13.0. The van der Waals surface area contributed by atoms with Crippen LogP contribution in [0.1, 0.15) is 44.7 Å². The molecule has 0 bridgehead atoms. The molecule has 0 aromatic heterocycles. The second kappa shape index (κ2) is 7.03. The van der Waals surface area contributed by atoms with E-state index in [1.54, 1.807) is 12.1 Å². The average molecular weight is 292 g/mol. The van der Waals surface area contributed by atoms with Gasteiger partial charge in [-0.3, -0.25) is 4.79 Å². The van der Waals surface area contributed by atoms with Gasteiger partial charge in [-0.05, 0) is 56.8 Å². The Morgan fingerprint density at radius 2 is 2.05 bits per heavy atom. The second-order valence-corrected chi connectivity index (χ2v) is 5.88. The first kappa shape index (κ1) is 16.0. The summed E-state index contributed by atoms with van der Waals surface area (Å²) in [5, 5.41) is 0. The van der Waals surface area contributed by atoms with E-state index in [-0.39, 0.29) is 23.7 Å². The van der Waals surface area contributed by atoms with E-state index in [0.717, 1.165) is 24.8 Å². The minimum Gasteiger partial charge on any atom is -0.336 e. The van der Waals surface area contributed by atoms with E-state index in [9.17, 15) is 9.18 Å². The van der Waals surface area contributed by atoms with Crippen LogP contribution in [0.25, 0.3) is 0 Å². The van der Waals surface area contributed by atoms with Crippen LogP contribution in [0.15, 0.2) is 24.3 Å². The summed E-state index contributed by atoms with van der Waals surface area (Å²) in [6.07, 6.45) is 3.07. The monoisotopic (exact) mass is 292 g/mol. The van der Waals surface area contributed by atoms with E-state index in [1.807, 2.05) is 18.7 Å². The summed E-state index contributed by atoms with van der Waals surface area (Å²) in [5.74, 6) is 0.311. The quantitative estimate of drug-likeness (QED) is 0.906. The maximum Gasteiger partial charge on any atom is 0.226 e. The number of rotatable bonds is 5. The Balaban J connectivity index is 2.14. The topological polar surface area (TPSA) is 46.3 Å². The predicted molar refractivity (Wildman–Crippen MR) is 82.1 cm³/mol. The molecule has 3 atom stereocenters. The number of carbonyl (C=O) groups is 1. The molecule has 0 heterocycles. The van der Waals surface area contributed by atoms with Crippen LogP contribution in [0.3, 0.4) is 0 Å². The number of halogens is 1. The van der Waals surface area contributed by atoms with Gasteiger partial charge in [0, 0.05) is 12.5 Å². The van der Waals surface area contributed by atoms with Crippen molar-refractivity contribution in [2.75, 3.05) is 13.1 Å². The fraction of sp³-hybridized carbons (Fsp3) is 0.588. The largest absolute Gasteiger partial charge is 0.336 e. The molecule has 3 nitrogen and oxygen atoms in total. The Morgan fingerprint density at radius 1 is 1.38 bits per heavy atom. The predicted octanol–water partition coefficient (Wildman–Crippen LogP) is 3.11. The van der Waals surface area contributed by atoms with Crippen molar-refractivity contribution >= 4 is 5.91 Å². The molecule has 1 saturated carbocycles. The molecule has 1 aliphatic rings. The molecule has 116 valence electrons. The molecule has 1 aliphatic carbocycles. The second-order valence-electron chi connectivity index (χ2n) is 5.88. The number of amides is 1. The van der Waals surface area contributed by atoms with Crippen LogP contribution in [-0.4, -0.2) is 23.9 Å². The zero-order chi connectivity index (χ0) is 15.4. The zero-order valence-corrected chi connectivity index (χ0v) is 12.9. The third-order valence-electron chi connectivity index (χ3n) is 4.72. The van der Waals surface area contributed by atoms with Gasteiger partial charge in [0.1, 0.15) is 5.82 Å². The number of hydrogen-bond acceptors (Lipinski definition) is 2. The summed E-state index contributed by atoms with van der Waals surface area (Å²) in [7, 11) is 0. The van der Waals surface area contributed by atoms with E-state index in [1.165, 1.54) is 12.1 Å². The lowest BCUT2D eigenvalue weighted by molar-refractivity contribution is -0.138. The number of nitrogens with zero attached hydrogens (tertiary/aromatic N) is 1. The molecule has 1 aromatic carbocycles. The minimum atomic E-state index is -0.251. The summed E-state index contributed by atoms with van der Waals surface area (Å²) in [4.78, 5) is 14.7. The van der Waals surface area contributed by atoms with Crippen molar-refractivity contribution in [3.63, 3.8) is 0 Å². The van der Waals surface area contributed by atoms with Crippen molar-refractivity contribution in [1.29, 1.82) is 0 Å². The van der Waals surface area contributed by atoms with Gasteiger partial charge in [-0.25, -0.2) is 4.39 Å². The summed E-state index contributed by atoms with van der Waals surface area (Å²) in [5.41, 5.74) is 6.76. The lowest BCUT2D eigenvalue weighted by Crippen LogP contribution is -2.40. The Labute approximate surface area is 126 Å². The molecule has 0 spiro atoms. The Hall–Kier alpha value is -1.42. The summed E-state index contributed by atoms with van der Waals surface area (Å²) in [6, 6.07) is 6.36. The van der Waals surface area contributed by atoms with E-state index in [2.05, 4.69) is 0 Å². The van der Waals surface area contributed by atoms with Gasteiger partial charge in [-0.2, -0.15) is 0 Å². The van der Waals surface area contributed by atoms with E-state index in [4.69, 9.17) is 5.73 Å². The van der Waals surface area contributed by atoms with Gasteiger partial charge >= 0.3 is 0 Å². The average Bonchev–Trinajstić information content (AvgIpc) is 2.96. The normalized spacial score (nSPS) is 23.0. The van der Waals surface area contributed by atoms with Gasteiger partial charge in [0.05, 0.1) is 6.04 Å². The molecule has 0 radical (unpaired) electrons. The van der Waals surface area contributed by atoms with Crippen molar-refractivity contribution in [3.05, 3.63) is 35.6 Å². The van der Waals surface area contributed by atoms with Crippen LogP contribution >= 0.6 is 0 Å². The van der Waals surface area contributed by atoms with E-state index in [0.29, 0.717) is 19.0 Å². The Morgan fingerprint density at radius 3 is 2.62 bits per heavy atom. The number of hydrogen-bond donors (Lipinski definition) is 1. The van der Waals surface area contributed by atoms with Crippen molar-refractivity contribution < 1.29 is 9.18 Å². The molecule has 4 heteroatoms. The third kappa shape index (κ3) is 3.43. The highest BCUT2D eigenvalue weighted by molar-refractivity contribution is 5.80. The molecule has 3 unspecified atom stereocenters. The first-order valence-corrected chi connectivity index (χ1v) is 7.84. The van der Waals surface area contributed by atoms with Crippen molar-refractivity contribution in [2.45, 2.75) is 39.2 Å². The van der Waals surface area contributed by atoms with Crippen molar-refractivity contribution in [2.24, 2.45) is 17.6 Å². The first-order valence-electron chi connectivity index (χ1n) is 7.84. The molecule has 1 fully saturated rings. The highest BCUT2D eigenvalue weighted by Gasteiger charge is 2.35. The smallest absolute Gasteiger partial charge is 0.226 e. The van der Waals surface area contributed by atoms with Crippen LogP contribution < -0.4 is 5.73 Å². The first-order chi connectivity index (χ1) is 10.1. The molecule has 1 aromatic rings. The minimum absolute atomic E-state index is 0.0397. The molecule has 1 amide bonds. The number of carbonyl (C=O) groups excluding carboxylic acids is 1. The highest BCUT2D eigenvalue weighted by atomic mass is 19.1. The molecule has 21 heavy (non-hydrogen) atoms. The lowest BCUT2D eigenvalue weighted by atomic mass is 9.93. The van der Waals surface area contributed by atoms with Gasteiger partial charge in [0.25, 0.3) is 0 Å². The molecule has 0 aliphatic heterocycles. The summed E-state index contributed by atoms with van der Waals surface area (Å²) < 4.78 is 13.0. The fourth-order valence-electron chi connectivity index (χ4n) is 3.40. The molecule has 2 rings (SSSR count). The van der Waals surface area contributed by atoms with Crippen LogP contribution in [0.2, 0.25) is 0 Å². The van der Waals surface area contributed by atoms with Gasteiger partial charge in [0.2, 0.25) is 5.91 Å². The number of nitrogens with two attached hydrogens (primary N) is 1. The third-order valence-corrected chi connectivity index (χ3v) is 4.72.